The molecule has 1 unspecified atom stereocenters. The van der Waals surface area contributed by atoms with E-state index in [0.717, 1.165) is 161 Å². The van der Waals surface area contributed by atoms with Gasteiger partial charge >= 0.3 is 17.9 Å². The highest BCUT2D eigenvalue weighted by molar-refractivity contribution is 5.71. The minimum atomic E-state index is -0.791. The summed E-state index contributed by atoms with van der Waals surface area (Å²) >= 11 is 0. The van der Waals surface area contributed by atoms with Crippen LogP contribution in [-0.2, 0) is 28.6 Å². The molecule has 0 saturated carbocycles. The fourth-order valence-electron chi connectivity index (χ4n) is 7.88. The summed E-state index contributed by atoms with van der Waals surface area (Å²) in [5.74, 6) is -0.936. The van der Waals surface area contributed by atoms with Crippen LogP contribution in [-0.4, -0.2) is 37.2 Å². The van der Waals surface area contributed by atoms with Crippen molar-refractivity contribution in [2.24, 2.45) is 0 Å². The van der Waals surface area contributed by atoms with E-state index in [-0.39, 0.29) is 31.1 Å². The van der Waals surface area contributed by atoms with Gasteiger partial charge in [-0.3, -0.25) is 14.4 Å². The number of hydrogen-bond acceptors (Lipinski definition) is 6. The summed E-state index contributed by atoms with van der Waals surface area (Å²) in [4.78, 5) is 37.8. The monoisotopic (exact) mass is 1020 g/mol. The summed E-state index contributed by atoms with van der Waals surface area (Å²) in [7, 11) is 0. The normalized spacial score (nSPS) is 13.1. The first-order valence-electron chi connectivity index (χ1n) is 30.2. The number of rotatable bonds is 53. The van der Waals surface area contributed by atoms with Crippen molar-refractivity contribution in [3.05, 3.63) is 134 Å². The molecule has 0 aliphatic carbocycles. The lowest BCUT2D eigenvalue weighted by molar-refractivity contribution is -0.167. The zero-order chi connectivity index (χ0) is 53.6. The molecule has 0 radical (unpaired) electrons. The molecule has 0 bridgehead atoms. The van der Waals surface area contributed by atoms with Crippen LogP contribution in [0.1, 0.15) is 258 Å². The largest absolute Gasteiger partial charge is 0.462 e. The standard InChI is InChI=1S/C68H110O6/c1-4-7-10-13-15-17-19-21-23-25-27-28-29-30-31-32-33-34-35-36-37-38-39-40-41-43-44-46-48-50-52-55-58-61-67(70)73-64-65(63-72-66(69)60-57-54-12-9-6-3)74-68(71)62-59-56-53-51-49-47-45-42-26-24-22-20-18-16-14-11-8-5-2/h7,10,15,17-18,20-21,23-24,26-28,30-31,33-34,36-37,39-40,43-44,65H,4-6,8-9,11-14,16,19,22,25,29,32,35,38,41-42,45-64H2,1-3H3/b10-7-,17-15-,20-18-,23-21-,26-24-,28-27-,31-30-,34-33-,37-36-,40-39-,44-43-. The maximum Gasteiger partial charge on any atom is 0.306 e. The van der Waals surface area contributed by atoms with E-state index in [2.05, 4.69) is 154 Å². The van der Waals surface area contributed by atoms with Crippen LogP contribution in [0.25, 0.3) is 0 Å². The molecule has 6 heteroatoms. The Hall–Kier alpha value is -4.45. The SMILES string of the molecule is CC/C=C\C/C=C\C/C=C\C/C=C\C/C=C\C/C=C\C/C=C\C/C=C\C/C=C\CCCCCCCC(=O)OCC(COC(=O)CCCCCCC)OC(=O)CCCCCCCCC/C=C\C/C=C\CCCCCC. The molecular weight excluding hydrogens is 913 g/mol. The fraction of sp³-hybridized carbons (Fsp3) is 0.632. The number of ether oxygens (including phenoxy) is 3. The van der Waals surface area contributed by atoms with Gasteiger partial charge in [0.05, 0.1) is 0 Å². The van der Waals surface area contributed by atoms with E-state index in [1.54, 1.807) is 0 Å². The Labute approximate surface area is 455 Å². The Bertz CT molecular complexity index is 1600. The van der Waals surface area contributed by atoms with Gasteiger partial charge in [0, 0.05) is 19.3 Å². The molecule has 0 aromatic rings. The number of carbonyl (C=O) groups is 3. The second kappa shape index (κ2) is 61.1. The first-order chi connectivity index (χ1) is 36.5. The predicted octanol–water partition coefficient (Wildman–Crippen LogP) is 20.6. The summed E-state index contributed by atoms with van der Waals surface area (Å²) in [5.41, 5.74) is 0. The molecule has 0 aliphatic heterocycles. The van der Waals surface area contributed by atoms with Crippen molar-refractivity contribution in [2.45, 2.75) is 264 Å². The number of carbonyl (C=O) groups excluding carboxylic acids is 3. The Morgan fingerprint density at radius 2 is 0.527 bits per heavy atom. The molecule has 6 nitrogen and oxygen atoms in total. The van der Waals surface area contributed by atoms with Crippen molar-refractivity contribution < 1.29 is 28.6 Å². The number of esters is 3. The molecule has 0 aromatic heterocycles. The van der Waals surface area contributed by atoms with Crippen molar-refractivity contribution in [3.8, 4) is 0 Å². The highest BCUT2D eigenvalue weighted by Crippen LogP contribution is 2.14. The Morgan fingerprint density at radius 1 is 0.284 bits per heavy atom. The van der Waals surface area contributed by atoms with Crippen LogP contribution >= 0.6 is 0 Å². The van der Waals surface area contributed by atoms with Crippen molar-refractivity contribution in [2.75, 3.05) is 13.2 Å². The summed E-state index contributed by atoms with van der Waals surface area (Å²) in [6, 6.07) is 0. The Balaban J connectivity index is 4.15. The van der Waals surface area contributed by atoms with Crippen LogP contribution in [0, 0.1) is 0 Å². The molecule has 0 heterocycles. The second-order valence-electron chi connectivity index (χ2n) is 19.5. The van der Waals surface area contributed by atoms with Gasteiger partial charge in [0.2, 0.25) is 0 Å². The zero-order valence-electron chi connectivity index (χ0n) is 47.8. The van der Waals surface area contributed by atoms with Crippen molar-refractivity contribution in [1.29, 1.82) is 0 Å². The quantitative estimate of drug-likeness (QED) is 0.0261. The van der Waals surface area contributed by atoms with E-state index in [9.17, 15) is 14.4 Å². The lowest BCUT2D eigenvalue weighted by atomic mass is 10.1. The van der Waals surface area contributed by atoms with Gasteiger partial charge in [-0.15, -0.1) is 0 Å². The van der Waals surface area contributed by atoms with Gasteiger partial charge in [0.25, 0.3) is 0 Å². The molecule has 74 heavy (non-hydrogen) atoms. The van der Waals surface area contributed by atoms with Crippen LogP contribution in [0.3, 0.4) is 0 Å². The minimum absolute atomic E-state index is 0.0911. The molecular formula is C68H110O6. The molecule has 0 amide bonds. The lowest BCUT2D eigenvalue weighted by Crippen LogP contribution is -2.30. The number of unbranched alkanes of at least 4 members (excludes halogenated alkanes) is 20. The Kier molecular flexibility index (Phi) is 57.4. The summed E-state index contributed by atoms with van der Waals surface area (Å²) in [6.45, 7) is 6.39. The number of hydrogen-bond donors (Lipinski definition) is 0. The van der Waals surface area contributed by atoms with Gasteiger partial charge < -0.3 is 14.2 Å². The molecule has 0 N–H and O–H groups in total. The number of allylic oxidation sites excluding steroid dienone is 22. The van der Waals surface area contributed by atoms with Gasteiger partial charge in [-0.25, -0.2) is 0 Å². The molecule has 0 aliphatic rings. The predicted molar refractivity (Wildman–Crippen MR) is 320 cm³/mol. The zero-order valence-corrected chi connectivity index (χ0v) is 47.8. The summed E-state index contributed by atoms with van der Waals surface area (Å²) in [6.07, 6.45) is 86.3. The molecule has 0 aromatic carbocycles. The van der Waals surface area contributed by atoms with Crippen LogP contribution < -0.4 is 0 Å². The van der Waals surface area contributed by atoms with Gasteiger partial charge in [-0.05, 0) is 122 Å². The highest BCUT2D eigenvalue weighted by Gasteiger charge is 2.19. The third-order valence-corrected chi connectivity index (χ3v) is 12.4. The van der Waals surface area contributed by atoms with E-state index in [1.165, 1.54) is 57.8 Å². The maximum atomic E-state index is 12.8. The molecule has 0 saturated heterocycles. The van der Waals surface area contributed by atoms with Gasteiger partial charge in [0.1, 0.15) is 13.2 Å². The van der Waals surface area contributed by atoms with Gasteiger partial charge in [-0.2, -0.15) is 0 Å². The van der Waals surface area contributed by atoms with E-state index < -0.39 is 6.10 Å². The van der Waals surface area contributed by atoms with E-state index in [4.69, 9.17) is 14.2 Å². The van der Waals surface area contributed by atoms with Crippen LogP contribution in [0.15, 0.2) is 134 Å². The Morgan fingerprint density at radius 3 is 0.838 bits per heavy atom. The molecule has 418 valence electrons. The van der Waals surface area contributed by atoms with Crippen LogP contribution in [0.5, 0.6) is 0 Å². The van der Waals surface area contributed by atoms with Gasteiger partial charge in [0.15, 0.2) is 6.10 Å². The van der Waals surface area contributed by atoms with Crippen molar-refractivity contribution >= 4 is 17.9 Å². The first-order valence-corrected chi connectivity index (χ1v) is 30.2. The van der Waals surface area contributed by atoms with Crippen LogP contribution in [0.2, 0.25) is 0 Å². The summed E-state index contributed by atoms with van der Waals surface area (Å²) in [5, 5.41) is 0. The molecule has 0 fully saturated rings. The fourth-order valence-corrected chi connectivity index (χ4v) is 7.88. The van der Waals surface area contributed by atoms with E-state index >= 15 is 0 Å². The molecule has 0 spiro atoms. The molecule has 0 rings (SSSR count). The molecule has 1 atom stereocenters. The third kappa shape index (κ3) is 58.4. The lowest BCUT2D eigenvalue weighted by Gasteiger charge is -2.18. The van der Waals surface area contributed by atoms with Crippen molar-refractivity contribution in [3.63, 3.8) is 0 Å². The maximum absolute atomic E-state index is 12.8. The third-order valence-electron chi connectivity index (χ3n) is 12.4. The average Bonchev–Trinajstić information content (AvgIpc) is 3.40. The van der Waals surface area contributed by atoms with Gasteiger partial charge in [-0.1, -0.05) is 251 Å². The van der Waals surface area contributed by atoms with Crippen LogP contribution in [0.4, 0.5) is 0 Å². The second-order valence-corrected chi connectivity index (χ2v) is 19.5. The smallest absolute Gasteiger partial charge is 0.306 e. The van der Waals surface area contributed by atoms with E-state index in [0.29, 0.717) is 19.3 Å². The van der Waals surface area contributed by atoms with E-state index in [1.807, 2.05) is 0 Å². The average molecular weight is 1020 g/mol. The first kappa shape index (κ1) is 69.5. The van der Waals surface area contributed by atoms with Crippen molar-refractivity contribution in [1.82, 2.24) is 0 Å². The highest BCUT2D eigenvalue weighted by atomic mass is 16.6. The minimum Gasteiger partial charge on any atom is -0.462 e. The summed E-state index contributed by atoms with van der Waals surface area (Å²) < 4.78 is 16.7. The topological polar surface area (TPSA) is 78.9 Å².